The van der Waals surface area contributed by atoms with Crippen molar-refractivity contribution in [3.8, 4) is 0 Å². The summed E-state index contributed by atoms with van der Waals surface area (Å²) in [5, 5.41) is 9.47. The third kappa shape index (κ3) is 1.66. The lowest BCUT2D eigenvalue weighted by molar-refractivity contribution is -0.194. The molecule has 0 radical (unpaired) electrons. The number of rotatable bonds is 2. The van der Waals surface area contributed by atoms with E-state index in [1.165, 1.54) is 0 Å². The van der Waals surface area contributed by atoms with Crippen molar-refractivity contribution in [1.29, 1.82) is 0 Å². The molecule has 0 aromatic rings. The van der Waals surface area contributed by atoms with Gasteiger partial charge in [0.05, 0.1) is 0 Å². The fourth-order valence-electron chi connectivity index (χ4n) is 1.34. The second kappa shape index (κ2) is 2.67. The molecule has 2 heteroatoms. The Kier molecular flexibility index (Phi) is 2.09. The first-order valence-corrected chi connectivity index (χ1v) is 3.63. The van der Waals surface area contributed by atoms with Crippen molar-refractivity contribution in [3.63, 3.8) is 0 Å². The van der Waals surface area contributed by atoms with Crippen molar-refractivity contribution in [2.45, 2.75) is 38.4 Å². The first-order valence-electron chi connectivity index (χ1n) is 3.63. The largest absolute Gasteiger partial charge is 0.365 e. The maximum atomic E-state index is 9.47. The number of ether oxygens (including phenoxy) is 1. The molecule has 0 aromatic heterocycles. The zero-order chi connectivity index (χ0) is 6.74. The molecular weight excluding hydrogens is 116 g/mol. The Morgan fingerprint density at radius 2 is 2.00 bits per heavy atom. The highest BCUT2D eigenvalue weighted by atomic mass is 16.6. The molecule has 0 unspecified atom stereocenters. The fraction of sp³-hybridized carbons (Fsp3) is 1.00. The van der Waals surface area contributed by atoms with Crippen molar-refractivity contribution in [2.75, 3.05) is 6.61 Å². The van der Waals surface area contributed by atoms with Gasteiger partial charge in [0.1, 0.15) is 0 Å². The summed E-state index contributed by atoms with van der Waals surface area (Å²) >= 11 is 0. The Labute approximate surface area is 55.8 Å². The Morgan fingerprint density at radius 1 is 1.44 bits per heavy atom. The molecule has 1 aliphatic rings. The molecule has 0 atom stereocenters. The van der Waals surface area contributed by atoms with E-state index in [9.17, 15) is 5.11 Å². The van der Waals surface area contributed by atoms with Crippen LogP contribution in [0.25, 0.3) is 0 Å². The lowest BCUT2D eigenvalue weighted by Gasteiger charge is -2.21. The summed E-state index contributed by atoms with van der Waals surface area (Å²) < 4.78 is 5.15. The zero-order valence-corrected chi connectivity index (χ0v) is 5.89. The average molecular weight is 130 g/mol. The van der Waals surface area contributed by atoms with Crippen LogP contribution in [-0.4, -0.2) is 17.5 Å². The molecule has 1 saturated carbocycles. The molecule has 0 aliphatic heterocycles. The SMILES string of the molecule is CCOC1(O)CCCC1. The van der Waals surface area contributed by atoms with E-state index in [0.717, 1.165) is 25.7 Å². The molecule has 1 rings (SSSR count). The summed E-state index contributed by atoms with van der Waals surface area (Å²) in [6, 6.07) is 0. The standard InChI is InChI=1S/C7H14O2/c1-2-9-7(8)5-3-4-6-7/h8H,2-6H2,1H3. The van der Waals surface area contributed by atoms with Crippen LogP contribution < -0.4 is 0 Å². The highest BCUT2D eigenvalue weighted by Gasteiger charge is 2.30. The Balaban J connectivity index is 2.32. The molecule has 1 N–H and O–H groups in total. The zero-order valence-electron chi connectivity index (χ0n) is 5.89. The molecular formula is C7H14O2. The summed E-state index contributed by atoms with van der Waals surface area (Å²) in [4.78, 5) is 0. The maximum Gasteiger partial charge on any atom is 0.165 e. The van der Waals surface area contributed by atoms with E-state index in [-0.39, 0.29) is 0 Å². The first kappa shape index (κ1) is 7.03. The van der Waals surface area contributed by atoms with Crippen molar-refractivity contribution in [3.05, 3.63) is 0 Å². The molecule has 0 bridgehead atoms. The molecule has 0 amide bonds. The second-order valence-corrected chi connectivity index (χ2v) is 2.59. The van der Waals surface area contributed by atoms with Crippen LogP contribution in [0.2, 0.25) is 0 Å². The summed E-state index contributed by atoms with van der Waals surface area (Å²) in [6.07, 6.45) is 3.86. The van der Waals surface area contributed by atoms with Crippen LogP contribution in [-0.2, 0) is 4.74 Å². The molecule has 0 heterocycles. The normalized spacial score (nSPS) is 24.7. The quantitative estimate of drug-likeness (QED) is 0.571. The van der Waals surface area contributed by atoms with Gasteiger partial charge < -0.3 is 9.84 Å². The van der Waals surface area contributed by atoms with Gasteiger partial charge in [-0.2, -0.15) is 0 Å². The van der Waals surface area contributed by atoms with Crippen LogP contribution in [0.5, 0.6) is 0 Å². The number of aliphatic hydroxyl groups is 1. The summed E-state index contributed by atoms with van der Waals surface area (Å²) in [6.45, 7) is 2.53. The summed E-state index contributed by atoms with van der Waals surface area (Å²) in [7, 11) is 0. The van der Waals surface area contributed by atoms with Crippen LogP contribution >= 0.6 is 0 Å². The van der Waals surface area contributed by atoms with Gasteiger partial charge in [0, 0.05) is 19.4 Å². The van der Waals surface area contributed by atoms with Crippen LogP contribution in [0.3, 0.4) is 0 Å². The van der Waals surface area contributed by atoms with Crippen molar-refractivity contribution < 1.29 is 9.84 Å². The second-order valence-electron chi connectivity index (χ2n) is 2.59. The fourth-order valence-corrected chi connectivity index (χ4v) is 1.34. The van der Waals surface area contributed by atoms with Gasteiger partial charge in [-0.15, -0.1) is 0 Å². The monoisotopic (exact) mass is 130 g/mol. The van der Waals surface area contributed by atoms with Gasteiger partial charge in [0.25, 0.3) is 0 Å². The predicted molar refractivity (Wildman–Crippen MR) is 35.0 cm³/mol. The topological polar surface area (TPSA) is 29.5 Å². The molecule has 1 aliphatic carbocycles. The van der Waals surface area contributed by atoms with E-state index in [4.69, 9.17) is 4.74 Å². The summed E-state index contributed by atoms with van der Waals surface area (Å²) in [5.74, 6) is -0.755. The smallest absolute Gasteiger partial charge is 0.165 e. The van der Waals surface area contributed by atoms with Crippen LogP contribution in [0, 0.1) is 0 Å². The summed E-state index contributed by atoms with van der Waals surface area (Å²) in [5.41, 5.74) is 0. The maximum absolute atomic E-state index is 9.47. The molecule has 0 aromatic carbocycles. The predicted octanol–water partition coefficient (Wildman–Crippen LogP) is 1.29. The van der Waals surface area contributed by atoms with E-state index < -0.39 is 5.79 Å². The minimum absolute atomic E-state index is 0.622. The van der Waals surface area contributed by atoms with Crippen molar-refractivity contribution in [2.24, 2.45) is 0 Å². The minimum Gasteiger partial charge on any atom is -0.365 e. The highest BCUT2D eigenvalue weighted by molar-refractivity contribution is 4.74. The van der Waals surface area contributed by atoms with Crippen LogP contribution in [0.4, 0.5) is 0 Å². The van der Waals surface area contributed by atoms with E-state index in [1.807, 2.05) is 6.92 Å². The first-order chi connectivity index (χ1) is 4.27. The highest BCUT2D eigenvalue weighted by Crippen LogP contribution is 2.29. The van der Waals surface area contributed by atoms with Gasteiger partial charge in [-0.05, 0) is 19.8 Å². The number of hydrogen-bond donors (Lipinski definition) is 1. The van der Waals surface area contributed by atoms with Gasteiger partial charge in [-0.25, -0.2) is 0 Å². The molecule has 9 heavy (non-hydrogen) atoms. The Bertz CT molecular complexity index is 84.9. The lowest BCUT2D eigenvalue weighted by atomic mass is 10.2. The van der Waals surface area contributed by atoms with Gasteiger partial charge in [0.15, 0.2) is 5.79 Å². The molecule has 0 saturated heterocycles. The van der Waals surface area contributed by atoms with Crippen LogP contribution in [0.15, 0.2) is 0 Å². The van der Waals surface area contributed by atoms with E-state index in [0.29, 0.717) is 6.61 Å². The lowest BCUT2D eigenvalue weighted by Crippen LogP contribution is -2.27. The molecule has 54 valence electrons. The van der Waals surface area contributed by atoms with E-state index in [2.05, 4.69) is 0 Å². The molecule has 0 spiro atoms. The minimum atomic E-state index is -0.755. The van der Waals surface area contributed by atoms with E-state index >= 15 is 0 Å². The van der Waals surface area contributed by atoms with Gasteiger partial charge >= 0.3 is 0 Å². The van der Waals surface area contributed by atoms with Crippen LogP contribution in [0.1, 0.15) is 32.6 Å². The van der Waals surface area contributed by atoms with Gasteiger partial charge in [-0.3, -0.25) is 0 Å². The third-order valence-corrected chi connectivity index (χ3v) is 1.80. The van der Waals surface area contributed by atoms with Crippen molar-refractivity contribution >= 4 is 0 Å². The Morgan fingerprint density at radius 3 is 2.44 bits per heavy atom. The Hall–Kier alpha value is -0.0800. The van der Waals surface area contributed by atoms with Gasteiger partial charge in [-0.1, -0.05) is 0 Å². The third-order valence-electron chi connectivity index (χ3n) is 1.80. The molecule has 2 nitrogen and oxygen atoms in total. The van der Waals surface area contributed by atoms with E-state index in [1.54, 1.807) is 0 Å². The molecule has 1 fully saturated rings. The van der Waals surface area contributed by atoms with Crippen molar-refractivity contribution in [1.82, 2.24) is 0 Å². The van der Waals surface area contributed by atoms with Gasteiger partial charge in [0.2, 0.25) is 0 Å². The average Bonchev–Trinajstić information content (AvgIpc) is 2.16. The number of hydrogen-bond acceptors (Lipinski definition) is 2.